The molecule has 2 rings (SSSR count). The van der Waals surface area contributed by atoms with Crippen molar-refractivity contribution < 1.29 is 44.6 Å². The molecule has 0 aliphatic heterocycles. The molecule has 16 heteroatoms. The summed E-state index contributed by atoms with van der Waals surface area (Å²) >= 11 is 0. The van der Waals surface area contributed by atoms with Crippen LogP contribution in [0.15, 0.2) is 25.3 Å². The SMILES string of the molecule is OC(Cn1cncn1)(Cn1cncn1)C(F)(F)C(F)(F)C(F)(F)C(F)(F)F. The topological polar surface area (TPSA) is 81.6 Å². The van der Waals surface area contributed by atoms with Crippen molar-refractivity contribution in [2.24, 2.45) is 0 Å². The summed E-state index contributed by atoms with van der Waals surface area (Å²) in [6.07, 6.45) is -4.24. The van der Waals surface area contributed by atoms with Crippen molar-refractivity contribution in [3.63, 3.8) is 0 Å². The maximum absolute atomic E-state index is 14.4. The molecule has 2 heterocycles. The molecule has 0 saturated carbocycles. The lowest BCUT2D eigenvalue weighted by molar-refractivity contribution is -0.418. The third-order valence-electron chi connectivity index (χ3n) is 3.51. The highest BCUT2D eigenvalue weighted by atomic mass is 19.4. The zero-order valence-electron chi connectivity index (χ0n) is 12.8. The highest BCUT2D eigenvalue weighted by Crippen LogP contribution is 2.56. The summed E-state index contributed by atoms with van der Waals surface area (Å²) in [5, 5.41) is 16.6. The second-order valence-electron chi connectivity index (χ2n) is 5.44. The maximum Gasteiger partial charge on any atom is 0.460 e. The van der Waals surface area contributed by atoms with Crippen molar-refractivity contribution >= 4 is 0 Å². The van der Waals surface area contributed by atoms with Crippen LogP contribution in [0.4, 0.5) is 39.5 Å². The molecule has 0 amide bonds. The Morgan fingerprint density at radius 2 is 1.07 bits per heavy atom. The molecule has 7 nitrogen and oxygen atoms in total. The molecule has 0 radical (unpaired) electrons. The minimum atomic E-state index is -7.15. The smallest absolute Gasteiger partial charge is 0.380 e. The molecule has 0 saturated heterocycles. The lowest BCUT2D eigenvalue weighted by Gasteiger charge is -2.42. The van der Waals surface area contributed by atoms with Gasteiger partial charge in [-0.15, -0.1) is 0 Å². The van der Waals surface area contributed by atoms with Gasteiger partial charge in [-0.3, -0.25) is 0 Å². The number of hydrogen-bond acceptors (Lipinski definition) is 5. The molecular formula is C11H9F9N6O. The van der Waals surface area contributed by atoms with Crippen LogP contribution in [-0.2, 0) is 13.1 Å². The van der Waals surface area contributed by atoms with E-state index in [2.05, 4.69) is 20.2 Å². The number of halogens is 9. The lowest BCUT2D eigenvalue weighted by atomic mass is 9.87. The van der Waals surface area contributed by atoms with E-state index in [4.69, 9.17) is 0 Å². The van der Waals surface area contributed by atoms with Gasteiger partial charge in [0.1, 0.15) is 25.3 Å². The van der Waals surface area contributed by atoms with Crippen LogP contribution in [0.25, 0.3) is 0 Å². The fourth-order valence-electron chi connectivity index (χ4n) is 2.08. The first kappa shape index (κ1) is 20.9. The second kappa shape index (κ2) is 6.35. The number of aromatic nitrogens is 6. The minimum Gasteiger partial charge on any atom is -0.380 e. The van der Waals surface area contributed by atoms with E-state index in [-0.39, 0.29) is 0 Å². The quantitative estimate of drug-likeness (QED) is 0.702. The van der Waals surface area contributed by atoms with E-state index in [1.165, 1.54) is 0 Å². The molecule has 0 spiro atoms. The van der Waals surface area contributed by atoms with Gasteiger partial charge in [0.15, 0.2) is 5.60 Å². The van der Waals surface area contributed by atoms with Gasteiger partial charge in [-0.25, -0.2) is 19.3 Å². The van der Waals surface area contributed by atoms with E-state index in [0.717, 1.165) is 12.7 Å². The van der Waals surface area contributed by atoms with Gasteiger partial charge in [0.05, 0.1) is 13.1 Å². The third-order valence-corrected chi connectivity index (χ3v) is 3.51. The number of rotatable bonds is 7. The summed E-state index contributed by atoms with van der Waals surface area (Å²) < 4.78 is 120. The highest BCUT2D eigenvalue weighted by Gasteiger charge is 2.85. The number of nitrogens with zero attached hydrogens (tertiary/aromatic N) is 6. The van der Waals surface area contributed by atoms with Crippen molar-refractivity contribution in [2.45, 2.75) is 42.6 Å². The summed E-state index contributed by atoms with van der Waals surface area (Å²) in [5.41, 5.74) is -4.19. The molecule has 0 fully saturated rings. The Labute approximate surface area is 143 Å². The van der Waals surface area contributed by atoms with Crippen LogP contribution >= 0.6 is 0 Å². The molecular weight excluding hydrogens is 403 g/mol. The zero-order valence-corrected chi connectivity index (χ0v) is 12.8. The van der Waals surface area contributed by atoms with Crippen molar-refractivity contribution in [1.29, 1.82) is 0 Å². The minimum absolute atomic E-state index is 0.354. The van der Waals surface area contributed by atoms with Crippen LogP contribution in [0, 0.1) is 0 Å². The predicted molar refractivity (Wildman–Crippen MR) is 65.9 cm³/mol. The largest absolute Gasteiger partial charge is 0.460 e. The van der Waals surface area contributed by atoms with Crippen molar-refractivity contribution in [3.05, 3.63) is 25.3 Å². The number of alkyl halides is 9. The Bertz CT molecular complexity index is 707. The first-order chi connectivity index (χ1) is 12.2. The van der Waals surface area contributed by atoms with Gasteiger partial charge in [0.2, 0.25) is 0 Å². The van der Waals surface area contributed by atoms with Crippen LogP contribution in [-0.4, -0.2) is 64.2 Å². The molecule has 0 bridgehead atoms. The molecule has 0 unspecified atom stereocenters. The summed E-state index contributed by atoms with van der Waals surface area (Å²) in [6, 6.07) is 0. The van der Waals surface area contributed by atoms with E-state index in [0.29, 0.717) is 22.0 Å². The number of aliphatic hydroxyl groups is 1. The molecule has 152 valence electrons. The molecule has 1 N–H and O–H groups in total. The summed E-state index contributed by atoms with van der Waals surface area (Å²) in [4.78, 5) is 6.56. The van der Waals surface area contributed by atoms with Crippen molar-refractivity contribution in [3.8, 4) is 0 Å². The lowest BCUT2D eigenvalue weighted by Crippen LogP contribution is -2.70. The fourth-order valence-corrected chi connectivity index (χ4v) is 2.08. The summed E-state index contributed by atoms with van der Waals surface area (Å²) in [5.74, 6) is -20.5. The van der Waals surface area contributed by atoms with Gasteiger partial charge in [-0.2, -0.15) is 49.7 Å². The van der Waals surface area contributed by atoms with Crippen LogP contribution in [0.2, 0.25) is 0 Å². The normalized spacial score (nSPS) is 14.6. The molecule has 2 aromatic heterocycles. The molecule has 2 aromatic rings. The highest BCUT2D eigenvalue weighted by molar-refractivity contribution is 5.09. The van der Waals surface area contributed by atoms with Crippen LogP contribution in [0.3, 0.4) is 0 Å². The molecule has 27 heavy (non-hydrogen) atoms. The van der Waals surface area contributed by atoms with Gasteiger partial charge in [-0.05, 0) is 0 Å². The Hall–Kier alpha value is -2.39. The zero-order chi connectivity index (χ0) is 20.7. The molecule has 0 aliphatic rings. The fraction of sp³-hybridized carbons (Fsp3) is 0.636. The van der Waals surface area contributed by atoms with E-state index < -0.39 is 42.6 Å². The van der Waals surface area contributed by atoms with Crippen LogP contribution < -0.4 is 0 Å². The first-order valence-electron chi connectivity index (χ1n) is 6.73. The van der Waals surface area contributed by atoms with E-state index in [1.807, 2.05) is 0 Å². The van der Waals surface area contributed by atoms with Gasteiger partial charge in [0.25, 0.3) is 0 Å². The molecule has 0 atom stereocenters. The average molecular weight is 412 g/mol. The predicted octanol–water partition coefficient (Wildman–Crippen LogP) is 1.77. The van der Waals surface area contributed by atoms with Gasteiger partial charge in [-0.1, -0.05) is 0 Å². The average Bonchev–Trinajstić information content (AvgIpc) is 3.19. The number of hydrogen-bond donors (Lipinski definition) is 1. The Kier molecular flexibility index (Phi) is 4.92. The molecule has 0 aromatic carbocycles. The Morgan fingerprint density at radius 1 is 0.667 bits per heavy atom. The summed E-state index contributed by atoms with van der Waals surface area (Å²) in [6.45, 7) is -3.22. The van der Waals surface area contributed by atoms with E-state index in [9.17, 15) is 44.6 Å². The third kappa shape index (κ3) is 3.32. The molecule has 0 aliphatic carbocycles. The van der Waals surface area contributed by atoms with Gasteiger partial charge < -0.3 is 5.11 Å². The second-order valence-corrected chi connectivity index (χ2v) is 5.44. The van der Waals surface area contributed by atoms with Gasteiger partial charge in [0, 0.05) is 0 Å². The van der Waals surface area contributed by atoms with Crippen molar-refractivity contribution in [1.82, 2.24) is 29.5 Å². The Morgan fingerprint density at radius 3 is 1.37 bits per heavy atom. The monoisotopic (exact) mass is 412 g/mol. The van der Waals surface area contributed by atoms with E-state index >= 15 is 0 Å². The standard InChI is InChI=1S/C11H9F9N6O/c12-8(13,9(14,15)10(16,17)11(18,19)20)7(27,1-25-5-21-3-23-25)2-26-6-22-4-24-26/h3-6,27H,1-2H2. The maximum atomic E-state index is 14.4. The summed E-state index contributed by atoms with van der Waals surface area (Å²) in [7, 11) is 0. The van der Waals surface area contributed by atoms with Crippen LogP contribution in [0.5, 0.6) is 0 Å². The van der Waals surface area contributed by atoms with Crippen molar-refractivity contribution in [2.75, 3.05) is 0 Å². The first-order valence-corrected chi connectivity index (χ1v) is 6.73. The van der Waals surface area contributed by atoms with Crippen LogP contribution in [0.1, 0.15) is 0 Å². The Balaban J connectivity index is 2.54. The van der Waals surface area contributed by atoms with Gasteiger partial charge >= 0.3 is 23.9 Å². The van der Waals surface area contributed by atoms with E-state index in [1.54, 1.807) is 0 Å².